The standard InChI is InChI=1S/C11H23NO/c1-9(8-13-3)12-10(2)11-6-4-5-7-11/h9-12H,4-8H2,1-3H3/t9?,10-/m0/s1. The zero-order valence-electron chi connectivity index (χ0n) is 9.18. The Labute approximate surface area is 82.0 Å². The summed E-state index contributed by atoms with van der Waals surface area (Å²) in [6.07, 6.45) is 5.67. The van der Waals surface area contributed by atoms with Gasteiger partial charge in [0.1, 0.15) is 0 Å². The summed E-state index contributed by atoms with van der Waals surface area (Å²) in [5.74, 6) is 0.902. The van der Waals surface area contributed by atoms with Crippen LogP contribution in [0.1, 0.15) is 39.5 Å². The Morgan fingerprint density at radius 2 is 1.92 bits per heavy atom. The number of rotatable bonds is 5. The van der Waals surface area contributed by atoms with Gasteiger partial charge in [-0.1, -0.05) is 12.8 Å². The highest BCUT2D eigenvalue weighted by molar-refractivity contribution is 4.79. The molecule has 1 unspecified atom stereocenters. The second kappa shape index (κ2) is 5.61. The molecule has 0 aromatic rings. The third-order valence-corrected chi connectivity index (χ3v) is 3.07. The summed E-state index contributed by atoms with van der Waals surface area (Å²) in [5.41, 5.74) is 0. The van der Waals surface area contributed by atoms with Gasteiger partial charge in [-0.05, 0) is 32.6 Å². The molecule has 1 fully saturated rings. The lowest BCUT2D eigenvalue weighted by atomic mass is 9.99. The largest absolute Gasteiger partial charge is 0.383 e. The van der Waals surface area contributed by atoms with Gasteiger partial charge in [-0.2, -0.15) is 0 Å². The molecule has 0 saturated heterocycles. The molecule has 1 saturated carbocycles. The van der Waals surface area contributed by atoms with Crippen molar-refractivity contribution in [3.05, 3.63) is 0 Å². The van der Waals surface area contributed by atoms with Crippen LogP contribution >= 0.6 is 0 Å². The first-order valence-corrected chi connectivity index (χ1v) is 5.49. The Bertz CT molecular complexity index is 132. The monoisotopic (exact) mass is 185 g/mol. The Morgan fingerprint density at radius 3 is 2.46 bits per heavy atom. The van der Waals surface area contributed by atoms with E-state index in [1.54, 1.807) is 7.11 Å². The van der Waals surface area contributed by atoms with Crippen LogP contribution in [0.25, 0.3) is 0 Å². The maximum atomic E-state index is 5.10. The van der Waals surface area contributed by atoms with E-state index in [0.29, 0.717) is 12.1 Å². The molecule has 78 valence electrons. The molecule has 0 aliphatic heterocycles. The summed E-state index contributed by atoms with van der Waals surface area (Å²) in [7, 11) is 1.76. The third-order valence-electron chi connectivity index (χ3n) is 3.07. The molecule has 1 rings (SSSR count). The van der Waals surface area contributed by atoms with E-state index in [4.69, 9.17) is 4.74 Å². The molecule has 2 heteroatoms. The van der Waals surface area contributed by atoms with E-state index in [1.165, 1.54) is 25.7 Å². The van der Waals surface area contributed by atoms with E-state index in [2.05, 4.69) is 19.2 Å². The minimum atomic E-state index is 0.487. The summed E-state index contributed by atoms with van der Waals surface area (Å²) in [5, 5.41) is 3.60. The summed E-state index contributed by atoms with van der Waals surface area (Å²) >= 11 is 0. The molecule has 0 amide bonds. The van der Waals surface area contributed by atoms with Crippen LogP contribution in [0.3, 0.4) is 0 Å². The van der Waals surface area contributed by atoms with Crippen molar-refractivity contribution in [3.63, 3.8) is 0 Å². The Kier molecular flexibility index (Phi) is 4.74. The summed E-state index contributed by atoms with van der Waals surface area (Å²) in [6.45, 7) is 5.31. The molecule has 0 radical (unpaired) electrons. The van der Waals surface area contributed by atoms with E-state index >= 15 is 0 Å². The fourth-order valence-electron chi connectivity index (χ4n) is 2.34. The van der Waals surface area contributed by atoms with E-state index in [0.717, 1.165) is 12.5 Å². The molecule has 0 heterocycles. The van der Waals surface area contributed by atoms with Crippen molar-refractivity contribution in [2.45, 2.75) is 51.6 Å². The number of hydrogen-bond acceptors (Lipinski definition) is 2. The lowest BCUT2D eigenvalue weighted by Crippen LogP contribution is -2.40. The highest BCUT2D eigenvalue weighted by Crippen LogP contribution is 2.27. The van der Waals surface area contributed by atoms with Gasteiger partial charge >= 0.3 is 0 Å². The number of nitrogens with one attached hydrogen (secondary N) is 1. The molecule has 1 N–H and O–H groups in total. The molecular weight excluding hydrogens is 162 g/mol. The molecule has 13 heavy (non-hydrogen) atoms. The Hall–Kier alpha value is -0.0800. The maximum absolute atomic E-state index is 5.10. The lowest BCUT2D eigenvalue weighted by molar-refractivity contribution is 0.162. The predicted octanol–water partition coefficient (Wildman–Crippen LogP) is 2.19. The quantitative estimate of drug-likeness (QED) is 0.709. The van der Waals surface area contributed by atoms with Crippen LogP contribution in [0.2, 0.25) is 0 Å². The number of hydrogen-bond donors (Lipinski definition) is 1. The van der Waals surface area contributed by atoms with E-state index < -0.39 is 0 Å². The van der Waals surface area contributed by atoms with Crippen LogP contribution < -0.4 is 5.32 Å². The van der Waals surface area contributed by atoms with E-state index in [1.807, 2.05) is 0 Å². The fraction of sp³-hybridized carbons (Fsp3) is 1.00. The van der Waals surface area contributed by atoms with Crippen molar-refractivity contribution in [2.24, 2.45) is 5.92 Å². The van der Waals surface area contributed by atoms with Crippen molar-refractivity contribution in [2.75, 3.05) is 13.7 Å². The molecule has 2 atom stereocenters. The highest BCUT2D eigenvalue weighted by atomic mass is 16.5. The molecule has 2 nitrogen and oxygen atoms in total. The smallest absolute Gasteiger partial charge is 0.0613 e. The summed E-state index contributed by atoms with van der Waals surface area (Å²) in [4.78, 5) is 0. The van der Waals surface area contributed by atoms with Gasteiger partial charge in [0.05, 0.1) is 6.61 Å². The predicted molar refractivity (Wildman–Crippen MR) is 55.9 cm³/mol. The van der Waals surface area contributed by atoms with Gasteiger partial charge in [-0.25, -0.2) is 0 Å². The zero-order chi connectivity index (χ0) is 9.68. The average Bonchev–Trinajstić information content (AvgIpc) is 2.55. The van der Waals surface area contributed by atoms with Crippen LogP contribution in [0, 0.1) is 5.92 Å². The SMILES string of the molecule is COCC(C)N[C@@H](C)C1CCCC1. The molecule has 0 aromatic heterocycles. The molecule has 0 aromatic carbocycles. The van der Waals surface area contributed by atoms with Gasteiger partial charge in [0, 0.05) is 19.2 Å². The Morgan fingerprint density at radius 1 is 1.31 bits per heavy atom. The van der Waals surface area contributed by atoms with Crippen molar-refractivity contribution in [3.8, 4) is 0 Å². The number of methoxy groups -OCH3 is 1. The fourth-order valence-corrected chi connectivity index (χ4v) is 2.34. The second-order valence-electron chi connectivity index (χ2n) is 4.36. The van der Waals surface area contributed by atoms with Crippen LogP contribution in [0.5, 0.6) is 0 Å². The molecule has 0 spiro atoms. The van der Waals surface area contributed by atoms with Gasteiger partial charge in [0.2, 0.25) is 0 Å². The lowest BCUT2D eigenvalue weighted by Gasteiger charge is -2.24. The van der Waals surface area contributed by atoms with Crippen LogP contribution in [0.15, 0.2) is 0 Å². The first kappa shape index (κ1) is 11.0. The van der Waals surface area contributed by atoms with E-state index in [-0.39, 0.29) is 0 Å². The van der Waals surface area contributed by atoms with Gasteiger partial charge in [-0.3, -0.25) is 0 Å². The van der Waals surface area contributed by atoms with Gasteiger partial charge in [-0.15, -0.1) is 0 Å². The molecular formula is C11H23NO. The van der Waals surface area contributed by atoms with Crippen molar-refractivity contribution >= 4 is 0 Å². The van der Waals surface area contributed by atoms with Crippen molar-refractivity contribution in [1.82, 2.24) is 5.32 Å². The van der Waals surface area contributed by atoms with Crippen molar-refractivity contribution in [1.29, 1.82) is 0 Å². The second-order valence-corrected chi connectivity index (χ2v) is 4.36. The van der Waals surface area contributed by atoms with Crippen LogP contribution in [-0.4, -0.2) is 25.8 Å². The van der Waals surface area contributed by atoms with Gasteiger partial charge in [0.25, 0.3) is 0 Å². The zero-order valence-corrected chi connectivity index (χ0v) is 9.18. The first-order chi connectivity index (χ1) is 6.24. The third kappa shape index (κ3) is 3.65. The summed E-state index contributed by atoms with van der Waals surface area (Å²) < 4.78 is 5.10. The highest BCUT2D eigenvalue weighted by Gasteiger charge is 2.22. The van der Waals surface area contributed by atoms with Crippen molar-refractivity contribution < 1.29 is 4.74 Å². The summed E-state index contributed by atoms with van der Waals surface area (Å²) in [6, 6.07) is 1.15. The normalized spacial score (nSPS) is 23.3. The van der Waals surface area contributed by atoms with Crippen LogP contribution in [-0.2, 0) is 4.74 Å². The Balaban J connectivity index is 2.18. The molecule has 1 aliphatic carbocycles. The molecule has 1 aliphatic rings. The number of ether oxygens (including phenoxy) is 1. The average molecular weight is 185 g/mol. The van der Waals surface area contributed by atoms with Gasteiger partial charge in [0.15, 0.2) is 0 Å². The maximum Gasteiger partial charge on any atom is 0.0613 e. The van der Waals surface area contributed by atoms with Gasteiger partial charge < -0.3 is 10.1 Å². The topological polar surface area (TPSA) is 21.3 Å². The van der Waals surface area contributed by atoms with Crippen LogP contribution in [0.4, 0.5) is 0 Å². The van der Waals surface area contributed by atoms with E-state index in [9.17, 15) is 0 Å². The minimum Gasteiger partial charge on any atom is -0.383 e. The minimum absolute atomic E-state index is 0.487. The molecule has 0 bridgehead atoms. The first-order valence-electron chi connectivity index (χ1n) is 5.49.